The Labute approximate surface area is 186 Å². The molecule has 166 valence electrons. The molecule has 32 heavy (non-hydrogen) atoms. The number of carbonyl (C=O) groups is 2. The minimum atomic E-state index is -4.39. The van der Waals surface area contributed by atoms with Gasteiger partial charge in [0, 0.05) is 42.6 Å². The summed E-state index contributed by atoms with van der Waals surface area (Å²) in [7, 11) is 0. The molecule has 1 aliphatic rings. The zero-order chi connectivity index (χ0) is 22.7. The molecule has 2 aromatic carbocycles. The molecule has 5 nitrogen and oxygen atoms in total. The second kappa shape index (κ2) is 9.12. The first-order valence-electron chi connectivity index (χ1n) is 10.1. The average Bonchev–Trinajstić information content (AvgIpc) is 3.36. The van der Waals surface area contributed by atoms with Gasteiger partial charge in [0.05, 0.1) is 5.56 Å². The molecule has 0 radical (unpaired) electrons. The van der Waals surface area contributed by atoms with Crippen LogP contribution in [0.3, 0.4) is 0 Å². The number of thiazole rings is 1. The second-order valence-electron chi connectivity index (χ2n) is 7.58. The lowest BCUT2D eigenvalue weighted by Crippen LogP contribution is -2.24. The van der Waals surface area contributed by atoms with Crippen LogP contribution < -0.4 is 5.32 Å². The standard InChI is InChI=1S/C23H20F3N3O2S/c24-23(25,26)18-7-2-4-15(11-18)12-19-13-27-22(32-19)28-21(31)17-6-1-5-16(10-17)14-29-9-3-8-20(29)30/h1-2,4-7,10-11,13H,3,8-9,12,14H2,(H,27,28,31). The van der Waals surface area contributed by atoms with Gasteiger partial charge in [-0.25, -0.2) is 4.98 Å². The van der Waals surface area contributed by atoms with Gasteiger partial charge in [0.15, 0.2) is 5.13 Å². The number of benzene rings is 2. The van der Waals surface area contributed by atoms with Crippen LogP contribution in [0.1, 0.15) is 44.8 Å². The predicted molar refractivity (Wildman–Crippen MR) is 115 cm³/mol. The summed E-state index contributed by atoms with van der Waals surface area (Å²) >= 11 is 1.22. The molecule has 4 rings (SSSR count). The zero-order valence-corrected chi connectivity index (χ0v) is 17.8. The van der Waals surface area contributed by atoms with Gasteiger partial charge in [0.2, 0.25) is 5.91 Å². The first-order chi connectivity index (χ1) is 15.3. The van der Waals surface area contributed by atoms with Gasteiger partial charge in [-0.3, -0.25) is 14.9 Å². The van der Waals surface area contributed by atoms with Gasteiger partial charge in [-0.05, 0) is 35.7 Å². The van der Waals surface area contributed by atoms with Gasteiger partial charge in [-0.2, -0.15) is 13.2 Å². The highest BCUT2D eigenvalue weighted by atomic mass is 32.1. The molecule has 1 aliphatic heterocycles. The summed E-state index contributed by atoms with van der Waals surface area (Å²) in [4.78, 5) is 31.2. The van der Waals surface area contributed by atoms with Crippen molar-refractivity contribution in [1.29, 1.82) is 0 Å². The summed E-state index contributed by atoms with van der Waals surface area (Å²) in [6, 6.07) is 12.2. The molecule has 3 aromatic rings. The molecule has 0 spiro atoms. The lowest BCUT2D eigenvalue weighted by molar-refractivity contribution is -0.137. The normalized spacial score (nSPS) is 14.1. The molecule has 0 unspecified atom stereocenters. The van der Waals surface area contributed by atoms with Crippen molar-refractivity contribution in [2.75, 3.05) is 11.9 Å². The number of nitrogens with zero attached hydrogens (tertiary/aromatic N) is 2. The molecular formula is C23H20F3N3O2S. The smallest absolute Gasteiger partial charge is 0.338 e. The van der Waals surface area contributed by atoms with Crippen molar-refractivity contribution < 1.29 is 22.8 Å². The van der Waals surface area contributed by atoms with E-state index in [0.717, 1.165) is 35.5 Å². The fourth-order valence-corrected chi connectivity index (χ4v) is 4.42. The summed E-state index contributed by atoms with van der Waals surface area (Å²) in [5, 5.41) is 3.11. The largest absolute Gasteiger partial charge is 0.416 e. The Morgan fingerprint density at radius 2 is 1.91 bits per heavy atom. The third-order valence-electron chi connectivity index (χ3n) is 5.14. The monoisotopic (exact) mass is 459 g/mol. The van der Waals surface area contributed by atoms with E-state index in [2.05, 4.69) is 10.3 Å². The summed E-state index contributed by atoms with van der Waals surface area (Å²) in [6.07, 6.45) is -1.13. The highest BCUT2D eigenvalue weighted by Gasteiger charge is 2.30. The van der Waals surface area contributed by atoms with Crippen molar-refractivity contribution in [3.63, 3.8) is 0 Å². The Morgan fingerprint density at radius 3 is 2.66 bits per heavy atom. The van der Waals surface area contributed by atoms with Crippen LogP contribution in [0.15, 0.2) is 54.7 Å². The number of halogens is 3. The van der Waals surface area contributed by atoms with Crippen molar-refractivity contribution in [2.45, 2.75) is 32.0 Å². The number of alkyl halides is 3. The van der Waals surface area contributed by atoms with E-state index in [1.54, 1.807) is 35.4 Å². The minimum absolute atomic E-state index is 0.121. The van der Waals surface area contributed by atoms with Gasteiger partial charge in [0.25, 0.3) is 5.91 Å². The second-order valence-corrected chi connectivity index (χ2v) is 8.70. The molecule has 0 bridgehead atoms. The number of hydrogen-bond acceptors (Lipinski definition) is 4. The van der Waals surface area contributed by atoms with Crippen molar-refractivity contribution in [3.8, 4) is 0 Å². The van der Waals surface area contributed by atoms with Crippen molar-refractivity contribution in [1.82, 2.24) is 9.88 Å². The van der Waals surface area contributed by atoms with E-state index in [-0.39, 0.29) is 18.2 Å². The SMILES string of the molecule is O=C(Nc1ncc(Cc2cccc(C(F)(F)F)c2)s1)c1cccc(CN2CCCC2=O)c1. The molecule has 1 N–H and O–H groups in total. The molecule has 2 heterocycles. The Hall–Kier alpha value is -3.20. The Morgan fingerprint density at radius 1 is 1.12 bits per heavy atom. The molecule has 1 fully saturated rings. The number of hydrogen-bond donors (Lipinski definition) is 1. The number of aromatic nitrogens is 1. The van der Waals surface area contributed by atoms with E-state index in [0.29, 0.717) is 29.2 Å². The maximum atomic E-state index is 12.9. The van der Waals surface area contributed by atoms with Crippen molar-refractivity contribution in [3.05, 3.63) is 81.9 Å². The Kier molecular flexibility index (Phi) is 6.27. The predicted octanol–water partition coefficient (Wildman–Crippen LogP) is 5.13. The van der Waals surface area contributed by atoms with E-state index < -0.39 is 11.7 Å². The number of likely N-dealkylation sites (tertiary alicyclic amines) is 1. The van der Waals surface area contributed by atoms with E-state index in [1.165, 1.54) is 17.4 Å². The summed E-state index contributed by atoms with van der Waals surface area (Å²) in [6.45, 7) is 1.20. The van der Waals surface area contributed by atoms with Crippen LogP contribution >= 0.6 is 11.3 Å². The number of amides is 2. The van der Waals surface area contributed by atoms with Crippen LogP contribution in [0, 0.1) is 0 Å². The molecule has 9 heteroatoms. The van der Waals surface area contributed by atoms with Crippen LogP contribution in [0.5, 0.6) is 0 Å². The van der Waals surface area contributed by atoms with Crippen LogP contribution in [0.4, 0.5) is 18.3 Å². The topological polar surface area (TPSA) is 62.3 Å². The van der Waals surface area contributed by atoms with Crippen LogP contribution in [-0.2, 0) is 23.9 Å². The quantitative estimate of drug-likeness (QED) is 0.556. The van der Waals surface area contributed by atoms with Crippen LogP contribution in [0.2, 0.25) is 0 Å². The number of rotatable bonds is 6. The van der Waals surface area contributed by atoms with Gasteiger partial charge >= 0.3 is 6.18 Å². The molecule has 1 aromatic heterocycles. The minimum Gasteiger partial charge on any atom is -0.338 e. The van der Waals surface area contributed by atoms with Crippen LogP contribution in [-0.4, -0.2) is 28.2 Å². The van der Waals surface area contributed by atoms with Gasteiger partial charge in [-0.15, -0.1) is 11.3 Å². The van der Waals surface area contributed by atoms with Crippen molar-refractivity contribution >= 4 is 28.3 Å². The molecule has 2 amide bonds. The maximum Gasteiger partial charge on any atom is 0.416 e. The van der Waals surface area contributed by atoms with Gasteiger partial charge in [-0.1, -0.05) is 30.3 Å². The number of anilines is 1. The number of nitrogens with one attached hydrogen (secondary N) is 1. The zero-order valence-electron chi connectivity index (χ0n) is 17.0. The summed E-state index contributed by atoms with van der Waals surface area (Å²) < 4.78 is 38.7. The van der Waals surface area contributed by atoms with E-state index in [1.807, 2.05) is 6.07 Å². The van der Waals surface area contributed by atoms with Crippen LogP contribution in [0.25, 0.3) is 0 Å². The van der Waals surface area contributed by atoms with Gasteiger partial charge < -0.3 is 4.90 Å². The molecule has 0 atom stereocenters. The van der Waals surface area contributed by atoms with Gasteiger partial charge in [0.1, 0.15) is 0 Å². The fraction of sp³-hybridized carbons (Fsp3) is 0.261. The molecular weight excluding hydrogens is 439 g/mol. The molecule has 0 aliphatic carbocycles. The Bertz CT molecular complexity index is 1140. The molecule has 0 saturated carbocycles. The summed E-state index contributed by atoms with van der Waals surface area (Å²) in [5.74, 6) is -0.212. The molecule has 1 saturated heterocycles. The Balaban J connectivity index is 1.40. The van der Waals surface area contributed by atoms with E-state index in [9.17, 15) is 22.8 Å². The lowest BCUT2D eigenvalue weighted by atomic mass is 10.1. The maximum absolute atomic E-state index is 12.9. The van der Waals surface area contributed by atoms with E-state index >= 15 is 0 Å². The average molecular weight is 459 g/mol. The fourth-order valence-electron chi connectivity index (χ4n) is 3.58. The number of carbonyl (C=O) groups excluding carboxylic acids is 2. The third kappa shape index (κ3) is 5.34. The third-order valence-corrected chi connectivity index (χ3v) is 6.05. The van der Waals surface area contributed by atoms with E-state index in [4.69, 9.17) is 0 Å². The first kappa shape index (κ1) is 22.0. The highest BCUT2D eigenvalue weighted by molar-refractivity contribution is 7.15. The summed E-state index contributed by atoms with van der Waals surface area (Å²) in [5.41, 5.74) is 1.15. The first-order valence-corrected chi connectivity index (χ1v) is 10.9. The lowest BCUT2D eigenvalue weighted by Gasteiger charge is -2.15. The highest BCUT2D eigenvalue weighted by Crippen LogP contribution is 2.30. The van der Waals surface area contributed by atoms with Crippen molar-refractivity contribution in [2.24, 2.45) is 0 Å².